The number of morpholine rings is 1. The highest BCUT2D eigenvalue weighted by atomic mass is 19.1. The number of halogens is 1. The van der Waals surface area contributed by atoms with Crippen LogP contribution in [0.25, 0.3) is 0 Å². The van der Waals surface area contributed by atoms with Gasteiger partial charge in [-0.2, -0.15) is 0 Å². The summed E-state index contributed by atoms with van der Waals surface area (Å²) >= 11 is 0. The predicted octanol–water partition coefficient (Wildman–Crippen LogP) is 1.81. The molecule has 1 aromatic rings. The zero-order valence-electron chi connectivity index (χ0n) is 11.4. The Morgan fingerprint density at radius 1 is 1.26 bits per heavy atom. The van der Waals surface area contributed by atoms with E-state index in [4.69, 9.17) is 4.74 Å². The zero-order chi connectivity index (χ0) is 13.6. The Balaban J connectivity index is 1.95. The van der Waals surface area contributed by atoms with E-state index in [0.717, 1.165) is 5.56 Å². The van der Waals surface area contributed by atoms with Crippen molar-refractivity contribution in [2.75, 3.05) is 20.3 Å². The number of nitrogens with zero attached hydrogens (tertiary/aromatic N) is 1. The maximum Gasteiger partial charge on any atom is 0.123 e. The number of ether oxygens (including phenoxy) is 1. The van der Waals surface area contributed by atoms with Gasteiger partial charge >= 0.3 is 0 Å². The number of aliphatic hydroxyl groups is 1. The fraction of sp³-hybridized carbons (Fsp3) is 0.600. The van der Waals surface area contributed by atoms with Gasteiger partial charge in [-0.3, -0.25) is 4.90 Å². The van der Waals surface area contributed by atoms with Gasteiger partial charge in [0.25, 0.3) is 0 Å². The van der Waals surface area contributed by atoms with Crippen LogP contribution in [0.3, 0.4) is 0 Å². The molecule has 0 aliphatic carbocycles. The van der Waals surface area contributed by atoms with Crippen LogP contribution in [0.5, 0.6) is 0 Å². The molecule has 3 rings (SSSR count). The van der Waals surface area contributed by atoms with Crippen LogP contribution in [-0.4, -0.2) is 42.4 Å². The summed E-state index contributed by atoms with van der Waals surface area (Å²) in [5.74, 6) is -0.274. The Kier molecular flexibility index (Phi) is 3.12. The third kappa shape index (κ3) is 2.29. The molecule has 2 bridgehead atoms. The SMILES string of the molecule is Cc1cc(F)cc(C2(O)CC3COCC(C2)N3C)c1. The number of hydrogen-bond acceptors (Lipinski definition) is 3. The van der Waals surface area contributed by atoms with Crippen molar-refractivity contribution in [3.63, 3.8) is 0 Å². The molecule has 0 amide bonds. The van der Waals surface area contributed by atoms with Gasteiger partial charge in [0.2, 0.25) is 0 Å². The number of benzene rings is 1. The van der Waals surface area contributed by atoms with Gasteiger partial charge < -0.3 is 9.84 Å². The van der Waals surface area contributed by atoms with Gasteiger partial charge in [0.1, 0.15) is 5.82 Å². The molecule has 2 unspecified atom stereocenters. The lowest BCUT2D eigenvalue weighted by atomic mass is 9.77. The quantitative estimate of drug-likeness (QED) is 0.840. The molecule has 0 aromatic heterocycles. The van der Waals surface area contributed by atoms with Crippen LogP contribution in [0.2, 0.25) is 0 Å². The fourth-order valence-corrected chi connectivity index (χ4v) is 3.38. The number of piperidine rings is 1. The van der Waals surface area contributed by atoms with Crippen molar-refractivity contribution >= 4 is 0 Å². The van der Waals surface area contributed by atoms with Gasteiger partial charge in [0.15, 0.2) is 0 Å². The van der Waals surface area contributed by atoms with E-state index in [-0.39, 0.29) is 17.9 Å². The second-order valence-electron chi connectivity index (χ2n) is 5.97. The highest BCUT2D eigenvalue weighted by molar-refractivity contribution is 5.30. The molecule has 2 aliphatic rings. The minimum atomic E-state index is -0.932. The molecule has 1 N–H and O–H groups in total. The summed E-state index contributed by atoms with van der Waals surface area (Å²) in [4.78, 5) is 2.28. The Labute approximate surface area is 113 Å². The highest BCUT2D eigenvalue weighted by Crippen LogP contribution is 2.40. The second-order valence-corrected chi connectivity index (χ2v) is 5.97. The Bertz CT molecular complexity index is 457. The third-order valence-electron chi connectivity index (χ3n) is 4.50. The van der Waals surface area contributed by atoms with Crippen molar-refractivity contribution in [1.82, 2.24) is 4.90 Å². The van der Waals surface area contributed by atoms with Crippen molar-refractivity contribution in [3.8, 4) is 0 Å². The normalized spacial score (nSPS) is 35.4. The minimum Gasteiger partial charge on any atom is -0.385 e. The summed E-state index contributed by atoms with van der Waals surface area (Å²) in [6, 6.07) is 5.27. The van der Waals surface area contributed by atoms with E-state index in [0.29, 0.717) is 31.6 Å². The topological polar surface area (TPSA) is 32.7 Å². The van der Waals surface area contributed by atoms with Crippen molar-refractivity contribution in [3.05, 3.63) is 35.1 Å². The smallest absolute Gasteiger partial charge is 0.123 e. The van der Waals surface area contributed by atoms with Crippen LogP contribution in [0.4, 0.5) is 4.39 Å². The molecular formula is C15H20FNO2. The Hall–Kier alpha value is -0.970. The number of aryl methyl sites for hydroxylation is 1. The molecule has 2 heterocycles. The molecule has 3 nitrogen and oxygen atoms in total. The first kappa shape index (κ1) is 13.0. The van der Waals surface area contributed by atoms with Crippen LogP contribution in [0, 0.1) is 12.7 Å². The summed E-state index contributed by atoms with van der Waals surface area (Å²) in [5, 5.41) is 11.0. The average molecular weight is 265 g/mol. The van der Waals surface area contributed by atoms with Gasteiger partial charge in [0.05, 0.1) is 18.8 Å². The first-order valence-electron chi connectivity index (χ1n) is 6.78. The highest BCUT2D eigenvalue weighted by Gasteiger charge is 2.45. The fourth-order valence-electron chi connectivity index (χ4n) is 3.38. The van der Waals surface area contributed by atoms with E-state index in [9.17, 15) is 9.50 Å². The molecule has 2 saturated heterocycles. The van der Waals surface area contributed by atoms with Crippen molar-refractivity contribution in [2.45, 2.75) is 37.5 Å². The standard InChI is InChI=1S/C15H20FNO2/c1-10-3-11(5-12(16)4-10)15(18)6-13-8-19-9-14(7-15)17(13)2/h3-5,13-14,18H,6-9H2,1-2H3. The molecule has 4 heteroatoms. The zero-order valence-corrected chi connectivity index (χ0v) is 11.4. The maximum absolute atomic E-state index is 13.6. The first-order chi connectivity index (χ1) is 8.98. The average Bonchev–Trinajstić information content (AvgIpc) is 2.30. The predicted molar refractivity (Wildman–Crippen MR) is 70.4 cm³/mol. The molecule has 19 heavy (non-hydrogen) atoms. The molecule has 104 valence electrons. The van der Waals surface area contributed by atoms with Crippen molar-refractivity contribution < 1.29 is 14.2 Å². The summed E-state index contributed by atoms with van der Waals surface area (Å²) in [6.45, 7) is 3.14. The molecule has 1 aromatic carbocycles. The van der Waals surface area contributed by atoms with E-state index in [2.05, 4.69) is 11.9 Å². The molecule has 2 aliphatic heterocycles. The number of rotatable bonds is 1. The van der Waals surface area contributed by atoms with E-state index in [1.165, 1.54) is 12.1 Å². The molecule has 0 radical (unpaired) electrons. The molecule has 2 atom stereocenters. The number of fused-ring (bicyclic) bond motifs is 2. The third-order valence-corrected chi connectivity index (χ3v) is 4.50. The molecule has 0 spiro atoms. The lowest BCUT2D eigenvalue weighted by Crippen LogP contribution is -2.59. The first-order valence-corrected chi connectivity index (χ1v) is 6.78. The van der Waals surface area contributed by atoms with Gasteiger partial charge in [-0.25, -0.2) is 4.39 Å². The second kappa shape index (κ2) is 4.54. The monoisotopic (exact) mass is 265 g/mol. The van der Waals surface area contributed by atoms with E-state index < -0.39 is 5.60 Å². The van der Waals surface area contributed by atoms with Crippen LogP contribution in [0.1, 0.15) is 24.0 Å². The number of likely N-dealkylation sites (N-methyl/N-ethyl adjacent to an activating group) is 1. The lowest BCUT2D eigenvalue weighted by molar-refractivity contribution is -0.137. The van der Waals surface area contributed by atoms with Crippen LogP contribution >= 0.6 is 0 Å². The summed E-state index contributed by atoms with van der Waals surface area (Å²) in [6.07, 6.45) is 1.20. The van der Waals surface area contributed by atoms with Gasteiger partial charge in [0, 0.05) is 12.1 Å². The van der Waals surface area contributed by atoms with Gasteiger partial charge in [-0.05, 0) is 50.1 Å². The molecular weight excluding hydrogens is 245 g/mol. The van der Waals surface area contributed by atoms with E-state index in [1.54, 1.807) is 0 Å². The van der Waals surface area contributed by atoms with E-state index in [1.807, 2.05) is 13.0 Å². The van der Waals surface area contributed by atoms with Gasteiger partial charge in [-0.1, -0.05) is 6.07 Å². The van der Waals surface area contributed by atoms with Crippen molar-refractivity contribution in [2.24, 2.45) is 0 Å². The summed E-state index contributed by atoms with van der Waals surface area (Å²) in [7, 11) is 2.08. The van der Waals surface area contributed by atoms with Crippen LogP contribution in [0.15, 0.2) is 18.2 Å². The lowest BCUT2D eigenvalue weighted by Gasteiger charge is -2.50. The summed E-state index contributed by atoms with van der Waals surface area (Å²) in [5.41, 5.74) is 0.622. The molecule has 0 saturated carbocycles. The summed E-state index contributed by atoms with van der Waals surface area (Å²) < 4.78 is 19.1. The Morgan fingerprint density at radius 2 is 1.89 bits per heavy atom. The largest absolute Gasteiger partial charge is 0.385 e. The number of hydrogen-bond donors (Lipinski definition) is 1. The van der Waals surface area contributed by atoms with Crippen molar-refractivity contribution in [1.29, 1.82) is 0 Å². The minimum absolute atomic E-state index is 0.209. The maximum atomic E-state index is 13.6. The van der Waals surface area contributed by atoms with E-state index >= 15 is 0 Å². The Morgan fingerprint density at radius 3 is 2.47 bits per heavy atom. The molecule has 2 fully saturated rings. The van der Waals surface area contributed by atoms with Gasteiger partial charge in [-0.15, -0.1) is 0 Å². The van der Waals surface area contributed by atoms with Crippen LogP contribution < -0.4 is 0 Å². The van der Waals surface area contributed by atoms with Crippen LogP contribution in [-0.2, 0) is 10.3 Å².